The maximum atomic E-state index is 12.1. The van der Waals surface area contributed by atoms with Crippen molar-refractivity contribution < 1.29 is 22.7 Å². The topological polar surface area (TPSA) is 39.2 Å². The van der Waals surface area contributed by atoms with Crippen molar-refractivity contribution in [2.24, 2.45) is 5.92 Å². The van der Waals surface area contributed by atoms with Gasteiger partial charge >= 0.3 is 6.18 Å². The summed E-state index contributed by atoms with van der Waals surface area (Å²) in [6.07, 6.45) is -1.74. The van der Waals surface area contributed by atoms with Crippen LogP contribution < -0.4 is 4.74 Å². The van der Waals surface area contributed by atoms with E-state index in [1.54, 1.807) is 0 Å². The first-order valence-electron chi connectivity index (χ1n) is 5.17. The second-order valence-corrected chi connectivity index (χ2v) is 3.97. The molecule has 92 valence electrons. The molecule has 6 heteroatoms. The first-order chi connectivity index (χ1) is 7.97. The molecule has 0 unspecified atom stereocenters. The Bertz CT molecular complexity index is 410. The number of pyridine rings is 1. The zero-order valence-corrected chi connectivity index (χ0v) is 8.83. The number of Topliss-reactive ketones (excluding diaryl/α,β-unsaturated/α-hetero) is 1. The minimum absolute atomic E-state index is 0.246. The number of aromatic nitrogens is 1. The molecule has 0 aliphatic heterocycles. The number of nitrogens with zero attached hydrogens (tertiary/aromatic N) is 1. The van der Waals surface area contributed by atoms with E-state index in [2.05, 4.69) is 4.98 Å². The average molecular weight is 245 g/mol. The highest BCUT2D eigenvalue weighted by atomic mass is 19.4. The highest BCUT2D eigenvalue weighted by Crippen LogP contribution is 2.29. The minimum atomic E-state index is -4.86. The second-order valence-electron chi connectivity index (χ2n) is 3.97. The van der Waals surface area contributed by atoms with Crippen LogP contribution in [-0.4, -0.2) is 23.6 Å². The number of halogens is 3. The SMILES string of the molecule is O=C(c1ccc(OCC2CC2)nc1)C(F)(F)F. The van der Waals surface area contributed by atoms with E-state index in [0.717, 1.165) is 25.1 Å². The molecule has 0 N–H and O–H groups in total. The fraction of sp³-hybridized carbons (Fsp3) is 0.455. The molecule has 3 nitrogen and oxygen atoms in total. The Labute approximate surface area is 95.6 Å². The zero-order chi connectivity index (χ0) is 12.5. The summed E-state index contributed by atoms with van der Waals surface area (Å²) in [6.45, 7) is 0.527. The zero-order valence-electron chi connectivity index (χ0n) is 8.83. The first kappa shape index (κ1) is 11.9. The summed E-state index contributed by atoms with van der Waals surface area (Å²) >= 11 is 0. The van der Waals surface area contributed by atoms with E-state index < -0.39 is 17.5 Å². The Balaban J connectivity index is 1.99. The molecule has 0 bridgehead atoms. The molecule has 0 saturated heterocycles. The summed E-state index contributed by atoms with van der Waals surface area (Å²) in [7, 11) is 0. The molecular formula is C11H10F3NO2. The van der Waals surface area contributed by atoms with Crippen molar-refractivity contribution in [3.05, 3.63) is 23.9 Å². The van der Waals surface area contributed by atoms with Gasteiger partial charge in [0.15, 0.2) is 0 Å². The Morgan fingerprint density at radius 2 is 2.12 bits per heavy atom. The van der Waals surface area contributed by atoms with E-state index in [4.69, 9.17) is 4.74 Å². The molecule has 1 aliphatic carbocycles. The Kier molecular flexibility index (Phi) is 3.04. The summed E-state index contributed by atoms with van der Waals surface area (Å²) in [5, 5.41) is 0. The monoisotopic (exact) mass is 245 g/mol. The molecule has 0 radical (unpaired) electrons. The van der Waals surface area contributed by atoms with Gasteiger partial charge in [-0.15, -0.1) is 0 Å². The first-order valence-corrected chi connectivity index (χ1v) is 5.17. The van der Waals surface area contributed by atoms with Crippen LogP contribution in [0.15, 0.2) is 18.3 Å². The molecule has 1 heterocycles. The number of hydrogen-bond donors (Lipinski definition) is 0. The lowest BCUT2D eigenvalue weighted by Gasteiger charge is -2.06. The van der Waals surface area contributed by atoms with E-state index in [1.165, 1.54) is 6.07 Å². The molecule has 1 fully saturated rings. The van der Waals surface area contributed by atoms with Crippen molar-refractivity contribution in [2.45, 2.75) is 19.0 Å². The summed E-state index contributed by atoms with van der Waals surface area (Å²) < 4.78 is 41.5. The van der Waals surface area contributed by atoms with E-state index >= 15 is 0 Å². The Morgan fingerprint density at radius 1 is 1.41 bits per heavy atom. The quantitative estimate of drug-likeness (QED) is 0.765. The molecule has 1 aromatic rings. The summed E-state index contributed by atoms with van der Waals surface area (Å²) in [5.41, 5.74) is -0.476. The van der Waals surface area contributed by atoms with E-state index in [0.29, 0.717) is 12.5 Å². The fourth-order valence-electron chi connectivity index (χ4n) is 1.25. The third-order valence-electron chi connectivity index (χ3n) is 2.42. The molecule has 17 heavy (non-hydrogen) atoms. The molecule has 1 saturated carbocycles. The summed E-state index contributed by atoms with van der Waals surface area (Å²) in [6, 6.07) is 2.35. The number of carbonyl (C=O) groups excluding carboxylic acids is 1. The molecule has 0 aromatic carbocycles. The van der Waals surface area contributed by atoms with Crippen molar-refractivity contribution in [3.8, 4) is 5.88 Å². The van der Waals surface area contributed by atoms with Crippen LogP contribution in [-0.2, 0) is 0 Å². The van der Waals surface area contributed by atoms with Gasteiger partial charge in [0.1, 0.15) is 0 Å². The Hall–Kier alpha value is -1.59. The lowest BCUT2D eigenvalue weighted by molar-refractivity contribution is -0.0885. The highest BCUT2D eigenvalue weighted by Gasteiger charge is 2.39. The average Bonchev–Trinajstić information content (AvgIpc) is 3.09. The van der Waals surface area contributed by atoms with Crippen LogP contribution >= 0.6 is 0 Å². The third-order valence-corrected chi connectivity index (χ3v) is 2.42. The standard InChI is InChI=1S/C11H10F3NO2/c12-11(13,14)10(16)8-3-4-9(15-5-8)17-6-7-1-2-7/h3-5,7H,1-2,6H2. The van der Waals surface area contributed by atoms with E-state index in [-0.39, 0.29) is 5.88 Å². The van der Waals surface area contributed by atoms with Crippen molar-refractivity contribution in [1.29, 1.82) is 0 Å². The Morgan fingerprint density at radius 3 is 2.59 bits per heavy atom. The maximum Gasteiger partial charge on any atom is 0.454 e. The van der Waals surface area contributed by atoms with Crippen LogP contribution in [0.2, 0.25) is 0 Å². The predicted octanol–water partition coefficient (Wildman–Crippen LogP) is 2.62. The number of alkyl halides is 3. The fourth-order valence-corrected chi connectivity index (χ4v) is 1.25. The van der Waals surface area contributed by atoms with E-state index in [1.807, 2.05) is 0 Å². The summed E-state index contributed by atoms with van der Waals surface area (Å²) in [4.78, 5) is 14.5. The number of ether oxygens (including phenoxy) is 1. The van der Waals surface area contributed by atoms with Crippen LogP contribution in [0.25, 0.3) is 0 Å². The normalized spacial score (nSPS) is 15.7. The smallest absolute Gasteiger partial charge is 0.454 e. The largest absolute Gasteiger partial charge is 0.477 e. The van der Waals surface area contributed by atoms with Crippen LogP contribution in [0.3, 0.4) is 0 Å². The van der Waals surface area contributed by atoms with E-state index in [9.17, 15) is 18.0 Å². The lowest BCUT2D eigenvalue weighted by Crippen LogP contribution is -2.22. The molecule has 2 rings (SSSR count). The van der Waals surface area contributed by atoms with Gasteiger partial charge in [0.25, 0.3) is 5.78 Å². The van der Waals surface area contributed by atoms with Crippen LogP contribution in [0.1, 0.15) is 23.2 Å². The summed E-state index contributed by atoms with van der Waals surface area (Å²) in [5.74, 6) is -1.11. The second kappa shape index (κ2) is 4.35. The van der Waals surface area contributed by atoms with Crippen LogP contribution in [0.5, 0.6) is 5.88 Å². The molecule has 0 spiro atoms. The van der Waals surface area contributed by atoms with Crippen molar-refractivity contribution in [3.63, 3.8) is 0 Å². The van der Waals surface area contributed by atoms with Crippen LogP contribution in [0, 0.1) is 5.92 Å². The maximum absolute atomic E-state index is 12.1. The van der Waals surface area contributed by atoms with Gasteiger partial charge in [-0.2, -0.15) is 13.2 Å². The molecule has 1 aliphatic rings. The van der Waals surface area contributed by atoms with Gasteiger partial charge in [-0.1, -0.05) is 0 Å². The van der Waals surface area contributed by atoms with Crippen LogP contribution in [0.4, 0.5) is 13.2 Å². The van der Waals surface area contributed by atoms with Crippen molar-refractivity contribution >= 4 is 5.78 Å². The molecular weight excluding hydrogens is 235 g/mol. The number of carbonyl (C=O) groups is 1. The number of ketones is 1. The van der Waals surface area contributed by atoms with Gasteiger partial charge in [0, 0.05) is 17.8 Å². The van der Waals surface area contributed by atoms with Gasteiger partial charge in [-0.25, -0.2) is 4.98 Å². The van der Waals surface area contributed by atoms with Gasteiger partial charge in [0.2, 0.25) is 5.88 Å². The predicted molar refractivity (Wildman–Crippen MR) is 52.8 cm³/mol. The van der Waals surface area contributed by atoms with Gasteiger partial charge in [0.05, 0.1) is 6.61 Å². The lowest BCUT2D eigenvalue weighted by atomic mass is 10.2. The van der Waals surface area contributed by atoms with Crippen molar-refractivity contribution in [1.82, 2.24) is 4.98 Å². The van der Waals surface area contributed by atoms with Gasteiger partial charge < -0.3 is 4.74 Å². The number of rotatable bonds is 4. The highest BCUT2D eigenvalue weighted by molar-refractivity contribution is 5.99. The van der Waals surface area contributed by atoms with Gasteiger partial charge in [-0.3, -0.25) is 4.79 Å². The molecule has 0 amide bonds. The van der Waals surface area contributed by atoms with Gasteiger partial charge in [-0.05, 0) is 24.8 Å². The minimum Gasteiger partial charge on any atom is -0.477 e. The molecule has 1 aromatic heterocycles. The van der Waals surface area contributed by atoms with Crippen molar-refractivity contribution in [2.75, 3.05) is 6.61 Å². The third kappa shape index (κ3) is 3.18. The molecule has 0 atom stereocenters. The number of hydrogen-bond acceptors (Lipinski definition) is 3.